The molecule has 3 rings (SSSR count). The van der Waals surface area contributed by atoms with Crippen LogP contribution in [-0.2, 0) is 17.6 Å². The van der Waals surface area contributed by atoms with E-state index in [1.807, 2.05) is 44.2 Å². The molecule has 0 aliphatic rings. The fraction of sp³-hybridized carbons (Fsp3) is 0.432. The van der Waals surface area contributed by atoms with Crippen LogP contribution >= 0.6 is 0 Å². The van der Waals surface area contributed by atoms with Gasteiger partial charge in [0.25, 0.3) is 11.8 Å². The first-order valence-electron chi connectivity index (χ1n) is 16.4. The highest BCUT2D eigenvalue weighted by atomic mass is 19.1. The highest BCUT2D eigenvalue weighted by Crippen LogP contribution is 2.17. The van der Waals surface area contributed by atoms with E-state index in [4.69, 9.17) is 5.73 Å². The lowest BCUT2D eigenvalue weighted by molar-refractivity contribution is -0.121. The molecule has 0 saturated heterocycles. The third-order valence-electron chi connectivity index (χ3n) is 7.86. The van der Waals surface area contributed by atoms with Crippen molar-refractivity contribution in [2.45, 2.75) is 83.9 Å². The summed E-state index contributed by atoms with van der Waals surface area (Å²) in [5.41, 5.74) is 8.87. The lowest BCUT2D eigenvalue weighted by Gasteiger charge is -2.25. The number of amides is 3. The zero-order valence-electron chi connectivity index (χ0n) is 27.6. The predicted molar refractivity (Wildman–Crippen MR) is 180 cm³/mol. The lowest BCUT2D eigenvalue weighted by atomic mass is 9.97. The molecule has 0 aliphatic heterocycles. The van der Waals surface area contributed by atoms with Crippen LogP contribution in [0.3, 0.4) is 0 Å². The van der Waals surface area contributed by atoms with E-state index >= 15 is 0 Å². The van der Waals surface area contributed by atoms with Gasteiger partial charge in [-0.15, -0.1) is 0 Å². The molecule has 0 heterocycles. The van der Waals surface area contributed by atoms with E-state index in [9.17, 15) is 28.3 Å². The van der Waals surface area contributed by atoms with E-state index in [1.54, 1.807) is 24.0 Å². The molecule has 3 amide bonds. The Morgan fingerprint density at radius 1 is 0.851 bits per heavy atom. The van der Waals surface area contributed by atoms with Crippen molar-refractivity contribution in [2.24, 2.45) is 5.73 Å². The first kappa shape index (κ1) is 37.3. The van der Waals surface area contributed by atoms with Crippen molar-refractivity contribution >= 4 is 17.7 Å². The summed E-state index contributed by atoms with van der Waals surface area (Å²) in [5.74, 6) is -2.48. The molecule has 47 heavy (non-hydrogen) atoms. The topological polar surface area (TPSA) is 125 Å². The number of hydrogen-bond donors (Lipinski definition) is 4. The van der Waals surface area contributed by atoms with Gasteiger partial charge in [-0.05, 0) is 92.5 Å². The molecule has 0 radical (unpaired) electrons. The largest absolute Gasteiger partial charge is 0.391 e. The third-order valence-corrected chi connectivity index (χ3v) is 7.86. The van der Waals surface area contributed by atoms with Crippen LogP contribution in [-0.4, -0.2) is 65.5 Å². The van der Waals surface area contributed by atoms with Gasteiger partial charge in [-0.1, -0.05) is 44.2 Å². The number of nitrogens with one attached hydrogen (secondary N) is 2. The number of aliphatic hydroxyl groups excluding tert-OH is 1. The van der Waals surface area contributed by atoms with Crippen LogP contribution in [0, 0.1) is 18.6 Å². The first-order valence-corrected chi connectivity index (χ1v) is 16.4. The summed E-state index contributed by atoms with van der Waals surface area (Å²) in [6.45, 7) is 7.08. The summed E-state index contributed by atoms with van der Waals surface area (Å²) in [6, 6.07) is 16.6. The summed E-state index contributed by atoms with van der Waals surface area (Å²) >= 11 is 0. The molecule has 0 bridgehead atoms. The molecule has 3 aromatic carbocycles. The van der Waals surface area contributed by atoms with E-state index in [1.165, 1.54) is 6.07 Å². The highest BCUT2D eigenvalue weighted by Gasteiger charge is 2.25. The zero-order valence-corrected chi connectivity index (χ0v) is 27.6. The minimum Gasteiger partial charge on any atom is -0.391 e. The van der Waals surface area contributed by atoms with E-state index in [0.29, 0.717) is 37.1 Å². The average molecular weight is 651 g/mol. The van der Waals surface area contributed by atoms with Crippen molar-refractivity contribution in [3.05, 3.63) is 106 Å². The fourth-order valence-electron chi connectivity index (χ4n) is 5.58. The van der Waals surface area contributed by atoms with Gasteiger partial charge in [0.05, 0.1) is 12.1 Å². The number of nitrogens with zero attached hydrogens (tertiary/aromatic N) is 1. The predicted octanol–water partition coefficient (Wildman–Crippen LogP) is 5.09. The quantitative estimate of drug-likeness (QED) is 0.153. The monoisotopic (exact) mass is 650 g/mol. The third kappa shape index (κ3) is 12.5. The Balaban J connectivity index is 1.67. The lowest BCUT2D eigenvalue weighted by Crippen LogP contribution is -2.46. The Bertz CT molecular complexity index is 1440. The number of hydrogen-bond acceptors (Lipinski definition) is 5. The molecule has 0 fully saturated rings. The minimum absolute atomic E-state index is 0.0672. The number of carbonyl (C=O) groups is 3. The SMILES string of the molecule is CCCN(CCC)C(=O)c1cc(C)cc(C(=O)N[C@H](Cc2cc(F)cc(F)c2)[C@@H](O)CCNC(=O)CC[C@H](N)Cc2ccccc2)c1. The van der Waals surface area contributed by atoms with Crippen molar-refractivity contribution in [3.63, 3.8) is 0 Å². The van der Waals surface area contributed by atoms with E-state index in [2.05, 4.69) is 10.6 Å². The Morgan fingerprint density at radius 3 is 2.13 bits per heavy atom. The maximum absolute atomic E-state index is 14.0. The van der Waals surface area contributed by atoms with Gasteiger partial charge in [-0.2, -0.15) is 0 Å². The molecule has 0 saturated carbocycles. The van der Waals surface area contributed by atoms with Crippen LogP contribution in [0.25, 0.3) is 0 Å². The van der Waals surface area contributed by atoms with E-state index in [0.717, 1.165) is 36.6 Å². The Hall–Kier alpha value is -4.15. The second-order valence-electron chi connectivity index (χ2n) is 12.1. The number of aryl methyl sites for hydroxylation is 1. The second kappa shape index (κ2) is 18.9. The number of halogens is 2. The maximum Gasteiger partial charge on any atom is 0.253 e. The molecule has 8 nitrogen and oxygen atoms in total. The van der Waals surface area contributed by atoms with E-state index < -0.39 is 29.7 Å². The van der Waals surface area contributed by atoms with Crippen molar-refractivity contribution in [1.29, 1.82) is 0 Å². The van der Waals surface area contributed by atoms with Crippen molar-refractivity contribution in [3.8, 4) is 0 Å². The molecular weight excluding hydrogens is 602 g/mol. The van der Waals surface area contributed by atoms with Crippen LogP contribution in [0.2, 0.25) is 0 Å². The van der Waals surface area contributed by atoms with Crippen LogP contribution in [0.15, 0.2) is 66.7 Å². The molecule has 0 unspecified atom stereocenters. The Morgan fingerprint density at radius 2 is 1.49 bits per heavy atom. The standard InChI is InChI=1S/C37H48F2N4O4/c1-4-15-43(16-5-2)37(47)29-18-25(3)17-28(23-29)36(46)42-33(22-27-19-30(38)24-31(39)20-27)34(44)13-14-41-35(45)12-11-32(40)21-26-9-7-6-8-10-26/h6-10,17-20,23-24,32-34,44H,4-5,11-16,21-22,40H2,1-3H3,(H,41,45)(H,42,46)/t32-,33+,34-/m0/s1. The normalized spacial score (nSPS) is 13.0. The van der Waals surface area contributed by atoms with Gasteiger partial charge in [0.1, 0.15) is 11.6 Å². The molecule has 254 valence electrons. The van der Waals surface area contributed by atoms with Gasteiger partial charge in [-0.25, -0.2) is 8.78 Å². The summed E-state index contributed by atoms with van der Waals surface area (Å²) in [4.78, 5) is 41.0. The summed E-state index contributed by atoms with van der Waals surface area (Å²) in [6.07, 6.45) is 1.80. The van der Waals surface area contributed by atoms with Crippen LogP contribution in [0.5, 0.6) is 0 Å². The second-order valence-corrected chi connectivity index (χ2v) is 12.1. The molecule has 0 aromatic heterocycles. The molecule has 5 N–H and O–H groups in total. The van der Waals surface area contributed by atoms with Crippen molar-refractivity contribution < 1.29 is 28.3 Å². The Kier molecular flexibility index (Phi) is 15.0. The number of carbonyl (C=O) groups excluding carboxylic acids is 3. The molecular formula is C37H48F2N4O4. The van der Waals surface area contributed by atoms with Crippen LogP contribution in [0.1, 0.15) is 83.4 Å². The highest BCUT2D eigenvalue weighted by molar-refractivity contribution is 6.00. The zero-order chi connectivity index (χ0) is 34.3. The van der Waals surface area contributed by atoms with Gasteiger partial charge >= 0.3 is 0 Å². The minimum atomic E-state index is -1.17. The summed E-state index contributed by atoms with van der Waals surface area (Å²) < 4.78 is 28.0. The summed E-state index contributed by atoms with van der Waals surface area (Å²) in [5, 5.41) is 16.7. The number of rotatable bonds is 18. The van der Waals surface area contributed by atoms with Gasteiger partial charge in [-0.3, -0.25) is 14.4 Å². The molecule has 0 aliphatic carbocycles. The fourth-order valence-corrected chi connectivity index (χ4v) is 5.58. The maximum atomic E-state index is 14.0. The van der Waals surface area contributed by atoms with Crippen molar-refractivity contribution in [2.75, 3.05) is 19.6 Å². The summed E-state index contributed by atoms with van der Waals surface area (Å²) in [7, 11) is 0. The van der Waals surface area contributed by atoms with E-state index in [-0.39, 0.29) is 54.8 Å². The van der Waals surface area contributed by atoms with Crippen LogP contribution in [0.4, 0.5) is 8.78 Å². The van der Waals surface area contributed by atoms with Gasteiger partial charge in [0.15, 0.2) is 0 Å². The smallest absolute Gasteiger partial charge is 0.253 e. The van der Waals surface area contributed by atoms with Gasteiger partial charge in [0.2, 0.25) is 5.91 Å². The van der Waals surface area contributed by atoms with Gasteiger partial charge < -0.3 is 26.4 Å². The molecule has 10 heteroatoms. The number of aliphatic hydroxyl groups is 1. The molecule has 0 spiro atoms. The van der Waals surface area contributed by atoms with Gasteiger partial charge in [0, 0.05) is 49.3 Å². The number of nitrogens with two attached hydrogens (primary N) is 1. The molecule has 3 aromatic rings. The average Bonchev–Trinajstić information content (AvgIpc) is 3.02. The van der Waals surface area contributed by atoms with Crippen molar-refractivity contribution in [1.82, 2.24) is 15.5 Å². The number of benzene rings is 3. The van der Waals surface area contributed by atoms with Crippen LogP contribution < -0.4 is 16.4 Å². The Labute approximate surface area is 276 Å². The molecule has 3 atom stereocenters. The first-order chi connectivity index (χ1) is 22.5.